The van der Waals surface area contributed by atoms with Crippen molar-refractivity contribution in [2.45, 2.75) is 13.8 Å². The summed E-state index contributed by atoms with van der Waals surface area (Å²) in [7, 11) is 0. The third-order valence-corrected chi connectivity index (χ3v) is 3.30. The number of aryl methyl sites for hydroxylation is 1. The molecular weight excluding hydrogens is 336 g/mol. The Morgan fingerprint density at radius 3 is 2.77 bits per heavy atom. The van der Waals surface area contributed by atoms with Crippen LogP contribution in [0.3, 0.4) is 0 Å². The van der Waals surface area contributed by atoms with E-state index in [9.17, 15) is 9.59 Å². The van der Waals surface area contributed by atoms with E-state index in [0.717, 1.165) is 0 Å². The Morgan fingerprint density at radius 2 is 2.12 bits per heavy atom. The largest absolute Gasteiger partial charge is 0.492 e. The van der Waals surface area contributed by atoms with E-state index in [1.54, 1.807) is 37.3 Å². The Bertz CT molecular complexity index is 772. The van der Waals surface area contributed by atoms with Crippen molar-refractivity contribution in [2.24, 2.45) is 0 Å². The zero-order chi connectivity index (χ0) is 18.9. The Hall–Kier alpha value is -3.29. The number of carbonyl (C=O) groups is 2. The second-order valence-electron chi connectivity index (χ2n) is 5.40. The van der Waals surface area contributed by atoms with Crippen LogP contribution in [0, 0.1) is 6.92 Å². The van der Waals surface area contributed by atoms with Crippen LogP contribution in [0.5, 0.6) is 5.75 Å². The number of anilines is 2. The molecule has 0 bridgehead atoms. The van der Waals surface area contributed by atoms with Gasteiger partial charge in [-0.3, -0.25) is 4.79 Å². The molecule has 2 rings (SSSR count). The number of nitrogens with zero attached hydrogens (tertiary/aromatic N) is 2. The van der Waals surface area contributed by atoms with E-state index in [4.69, 9.17) is 9.26 Å². The number of amides is 3. The minimum absolute atomic E-state index is 0.166. The van der Waals surface area contributed by atoms with Crippen molar-refractivity contribution in [1.82, 2.24) is 10.1 Å². The lowest BCUT2D eigenvalue weighted by Crippen LogP contribution is -2.40. The topological polar surface area (TPSA) is 96.7 Å². The van der Waals surface area contributed by atoms with Gasteiger partial charge in [-0.25, -0.2) is 4.79 Å². The summed E-state index contributed by atoms with van der Waals surface area (Å²) in [5.74, 6) is 1.04. The zero-order valence-corrected chi connectivity index (χ0v) is 14.8. The molecule has 0 aliphatic heterocycles. The fourth-order valence-corrected chi connectivity index (χ4v) is 2.20. The van der Waals surface area contributed by atoms with Crippen LogP contribution in [0.4, 0.5) is 16.3 Å². The van der Waals surface area contributed by atoms with Crippen LogP contribution < -0.4 is 15.4 Å². The summed E-state index contributed by atoms with van der Waals surface area (Å²) < 4.78 is 10.4. The molecule has 0 unspecified atom stereocenters. The number of hydrogen-bond acceptors (Lipinski definition) is 5. The van der Waals surface area contributed by atoms with E-state index in [1.165, 1.54) is 4.90 Å². The number of aromatic nitrogens is 1. The highest BCUT2D eigenvalue weighted by molar-refractivity contribution is 5.97. The predicted octanol–water partition coefficient (Wildman–Crippen LogP) is 3.04. The number of nitrogens with one attached hydrogen (secondary N) is 2. The number of ether oxygens (including phenoxy) is 1. The van der Waals surface area contributed by atoms with Crippen molar-refractivity contribution >= 4 is 23.4 Å². The SMILES string of the molecule is C=CCN(CC(=O)Nc1cc(C)on1)C(=O)Nc1ccccc1OCC. The molecule has 0 fully saturated rings. The molecule has 0 saturated carbocycles. The van der Waals surface area contributed by atoms with Gasteiger partial charge in [-0.2, -0.15) is 0 Å². The van der Waals surface area contributed by atoms with Gasteiger partial charge in [0.15, 0.2) is 5.82 Å². The van der Waals surface area contributed by atoms with E-state index in [1.807, 2.05) is 13.0 Å². The molecule has 1 heterocycles. The summed E-state index contributed by atoms with van der Waals surface area (Å²) in [5, 5.41) is 9.02. The molecule has 0 aliphatic carbocycles. The van der Waals surface area contributed by atoms with Gasteiger partial charge in [-0.15, -0.1) is 6.58 Å². The smallest absolute Gasteiger partial charge is 0.322 e. The monoisotopic (exact) mass is 358 g/mol. The van der Waals surface area contributed by atoms with Gasteiger partial charge in [0.2, 0.25) is 5.91 Å². The summed E-state index contributed by atoms with van der Waals surface area (Å²) in [5.41, 5.74) is 0.529. The lowest BCUT2D eigenvalue weighted by atomic mass is 10.3. The van der Waals surface area contributed by atoms with Gasteiger partial charge >= 0.3 is 6.03 Å². The quantitative estimate of drug-likeness (QED) is 0.707. The molecule has 138 valence electrons. The van der Waals surface area contributed by atoms with E-state index < -0.39 is 11.9 Å². The Morgan fingerprint density at radius 1 is 1.35 bits per heavy atom. The van der Waals surface area contributed by atoms with Crippen LogP contribution in [-0.4, -0.2) is 41.7 Å². The van der Waals surface area contributed by atoms with Crippen molar-refractivity contribution in [3.8, 4) is 5.75 Å². The van der Waals surface area contributed by atoms with E-state index >= 15 is 0 Å². The first kappa shape index (κ1) is 19.0. The van der Waals surface area contributed by atoms with E-state index in [0.29, 0.717) is 29.6 Å². The highest BCUT2D eigenvalue weighted by atomic mass is 16.5. The Balaban J connectivity index is 2.02. The van der Waals surface area contributed by atoms with Crippen LogP contribution in [0.25, 0.3) is 0 Å². The van der Waals surface area contributed by atoms with Crippen LogP contribution in [0.2, 0.25) is 0 Å². The van der Waals surface area contributed by atoms with Gasteiger partial charge in [0.05, 0.1) is 12.3 Å². The van der Waals surface area contributed by atoms with E-state index in [2.05, 4.69) is 22.4 Å². The van der Waals surface area contributed by atoms with Crippen molar-refractivity contribution in [1.29, 1.82) is 0 Å². The summed E-state index contributed by atoms with van der Waals surface area (Å²) in [6.45, 7) is 7.72. The molecule has 8 heteroatoms. The Labute approximate surface area is 151 Å². The summed E-state index contributed by atoms with van der Waals surface area (Å²) in [6, 6.07) is 8.24. The van der Waals surface area contributed by atoms with Crippen molar-refractivity contribution < 1.29 is 18.8 Å². The lowest BCUT2D eigenvalue weighted by Gasteiger charge is -2.21. The first-order chi connectivity index (χ1) is 12.5. The van der Waals surface area contributed by atoms with Crippen LogP contribution in [0.1, 0.15) is 12.7 Å². The third-order valence-electron chi connectivity index (χ3n) is 3.30. The van der Waals surface area contributed by atoms with Crippen LogP contribution in [-0.2, 0) is 4.79 Å². The molecule has 1 aromatic heterocycles. The van der Waals surface area contributed by atoms with E-state index in [-0.39, 0.29) is 13.1 Å². The summed E-state index contributed by atoms with van der Waals surface area (Å²) >= 11 is 0. The Kier molecular flexibility index (Phi) is 6.78. The minimum Gasteiger partial charge on any atom is -0.492 e. The van der Waals surface area contributed by atoms with Gasteiger partial charge in [0, 0.05) is 12.6 Å². The van der Waals surface area contributed by atoms with Gasteiger partial charge in [0.25, 0.3) is 0 Å². The van der Waals surface area contributed by atoms with Crippen LogP contribution in [0.15, 0.2) is 47.5 Å². The molecule has 0 atom stereocenters. The summed E-state index contributed by atoms with van der Waals surface area (Å²) in [6.07, 6.45) is 1.54. The van der Waals surface area contributed by atoms with Gasteiger partial charge in [-0.1, -0.05) is 23.4 Å². The number of rotatable bonds is 8. The number of carbonyl (C=O) groups excluding carboxylic acids is 2. The number of benzene rings is 1. The predicted molar refractivity (Wildman–Crippen MR) is 98.3 cm³/mol. The molecule has 2 N–H and O–H groups in total. The molecular formula is C18H22N4O4. The number of para-hydroxylation sites is 2. The standard InChI is InChI=1S/C18H22N4O4/c1-4-10-22(12-17(23)20-16-11-13(3)26-21-16)18(24)19-14-8-6-7-9-15(14)25-5-2/h4,6-9,11H,1,5,10,12H2,2-3H3,(H,19,24)(H,20,21,23). The highest BCUT2D eigenvalue weighted by Crippen LogP contribution is 2.24. The van der Waals surface area contributed by atoms with Crippen molar-refractivity contribution in [3.05, 3.63) is 48.7 Å². The maximum atomic E-state index is 12.5. The number of urea groups is 1. The van der Waals surface area contributed by atoms with Gasteiger partial charge in [-0.05, 0) is 26.0 Å². The molecule has 1 aromatic carbocycles. The van der Waals surface area contributed by atoms with Crippen molar-refractivity contribution in [3.63, 3.8) is 0 Å². The molecule has 0 radical (unpaired) electrons. The molecule has 0 spiro atoms. The highest BCUT2D eigenvalue weighted by Gasteiger charge is 2.18. The molecule has 2 aromatic rings. The fraction of sp³-hybridized carbons (Fsp3) is 0.278. The molecule has 0 aliphatic rings. The van der Waals surface area contributed by atoms with Crippen molar-refractivity contribution in [2.75, 3.05) is 30.3 Å². The average molecular weight is 358 g/mol. The van der Waals surface area contributed by atoms with Gasteiger partial charge in [0.1, 0.15) is 18.1 Å². The third kappa shape index (κ3) is 5.37. The zero-order valence-electron chi connectivity index (χ0n) is 14.8. The first-order valence-electron chi connectivity index (χ1n) is 8.15. The normalized spacial score (nSPS) is 10.1. The fourth-order valence-electron chi connectivity index (χ4n) is 2.20. The molecule has 3 amide bonds. The summed E-state index contributed by atoms with van der Waals surface area (Å²) in [4.78, 5) is 26.0. The second kappa shape index (κ2) is 9.26. The second-order valence-corrected chi connectivity index (χ2v) is 5.40. The lowest BCUT2D eigenvalue weighted by molar-refractivity contribution is -0.116. The van der Waals surface area contributed by atoms with Gasteiger partial charge < -0.3 is 24.8 Å². The minimum atomic E-state index is -0.441. The molecule has 0 saturated heterocycles. The maximum Gasteiger partial charge on any atom is 0.322 e. The maximum absolute atomic E-state index is 12.5. The molecule has 8 nitrogen and oxygen atoms in total. The average Bonchev–Trinajstić information content (AvgIpc) is 3.01. The van der Waals surface area contributed by atoms with Crippen LogP contribution >= 0.6 is 0 Å². The first-order valence-corrected chi connectivity index (χ1v) is 8.15. The molecule has 26 heavy (non-hydrogen) atoms. The number of hydrogen-bond donors (Lipinski definition) is 2.